The van der Waals surface area contributed by atoms with Gasteiger partial charge in [-0.3, -0.25) is 4.99 Å². The molecule has 1 atom stereocenters. The number of guanidine groups is 1. The van der Waals surface area contributed by atoms with Gasteiger partial charge in [-0.05, 0) is 39.1 Å². The molecular formula is C18H30F2IN5. The lowest BCUT2D eigenvalue weighted by atomic mass is 10.2. The van der Waals surface area contributed by atoms with Gasteiger partial charge in [0.15, 0.2) is 5.96 Å². The van der Waals surface area contributed by atoms with Crippen molar-refractivity contribution in [2.75, 3.05) is 51.2 Å². The molecule has 0 amide bonds. The zero-order valence-electron chi connectivity index (χ0n) is 15.8. The molecule has 2 rings (SSSR count). The predicted molar refractivity (Wildman–Crippen MR) is 115 cm³/mol. The Bertz CT molecular complexity index is 585. The lowest BCUT2D eigenvalue weighted by Crippen LogP contribution is -2.45. The average molecular weight is 481 g/mol. The van der Waals surface area contributed by atoms with Crippen LogP contribution in [-0.4, -0.2) is 63.2 Å². The topological polar surface area (TPSA) is 42.9 Å². The monoisotopic (exact) mass is 481 g/mol. The zero-order valence-corrected chi connectivity index (χ0v) is 18.1. The molecule has 0 bridgehead atoms. The lowest BCUT2D eigenvalue weighted by Gasteiger charge is -2.21. The third kappa shape index (κ3) is 6.86. The number of benzene rings is 1. The minimum absolute atomic E-state index is 0. The molecule has 0 saturated carbocycles. The van der Waals surface area contributed by atoms with Crippen LogP contribution in [0.5, 0.6) is 0 Å². The van der Waals surface area contributed by atoms with Gasteiger partial charge in [0.1, 0.15) is 11.6 Å². The van der Waals surface area contributed by atoms with Crippen LogP contribution < -0.4 is 15.5 Å². The van der Waals surface area contributed by atoms with E-state index in [1.165, 1.54) is 12.1 Å². The van der Waals surface area contributed by atoms with Crippen molar-refractivity contribution < 1.29 is 8.78 Å². The number of nitrogens with one attached hydrogen (secondary N) is 2. The van der Waals surface area contributed by atoms with Crippen molar-refractivity contribution in [1.29, 1.82) is 0 Å². The third-order valence-electron chi connectivity index (χ3n) is 4.42. The van der Waals surface area contributed by atoms with Crippen LogP contribution in [0.3, 0.4) is 0 Å². The van der Waals surface area contributed by atoms with Gasteiger partial charge < -0.3 is 20.4 Å². The summed E-state index contributed by atoms with van der Waals surface area (Å²) in [5.41, 5.74) is 0.456. The lowest BCUT2D eigenvalue weighted by molar-refractivity contribution is 0.363. The highest BCUT2D eigenvalue weighted by molar-refractivity contribution is 14.0. The second-order valence-electron chi connectivity index (χ2n) is 6.33. The van der Waals surface area contributed by atoms with Gasteiger partial charge in [-0.25, -0.2) is 8.78 Å². The minimum atomic E-state index is -0.547. The molecule has 1 saturated heterocycles. The Morgan fingerprint density at radius 3 is 2.77 bits per heavy atom. The van der Waals surface area contributed by atoms with E-state index in [9.17, 15) is 8.78 Å². The second kappa shape index (κ2) is 11.5. The molecule has 0 spiro atoms. The zero-order chi connectivity index (χ0) is 18.2. The van der Waals surface area contributed by atoms with E-state index in [1.807, 2.05) is 11.8 Å². The number of aliphatic imine (C=N–C) groups is 1. The van der Waals surface area contributed by atoms with Crippen molar-refractivity contribution in [3.8, 4) is 0 Å². The SMILES string of the molecule is CCNC(=NCCN(C)CC)NC1CCN(c2ccc(F)cc2F)C1.I. The van der Waals surface area contributed by atoms with Crippen LogP contribution in [0.1, 0.15) is 20.3 Å². The Balaban J connectivity index is 0.00000338. The van der Waals surface area contributed by atoms with Crippen LogP contribution >= 0.6 is 24.0 Å². The van der Waals surface area contributed by atoms with Gasteiger partial charge in [-0.1, -0.05) is 6.92 Å². The van der Waals surface area contributed by atoms with Crippen molar-refractivity contribution >= 4 is 35.6 Å². The van der Waals surface area contributed by atoms with Crippen LogP contribution in [0, 0.1) is 11.6 Å². The summed E-state index contributed by atoms with van der Waals surface area (Å²) in [6.45, 7) is 8.98. The van der Waals surface area contributed by atoms with E-state index >= 15 is 0 Å². The van der Waals surface area contributed by atoms with Crippen molar-refractivity contribution in [3.63, 3.8) is 0 Å². The first-order valence-electron chi connectivity index (χ1n) is 8.96. The Morgan fingerprint density at radius 1 is 1.35 bits per heavy atom. The molecule has 0 aliphatic carbocycles. The normalized spacial score (nSPS) is 17.4. The van der Waals surface area contributed by atoms with Crippen molar-refractivity contribution in [2.45, 2.75) is 26.3 Å². The maximum atomic E-state index is 13.9. The molecule has 5 nitrogen and oxygen atoms in total. The molecule has 8 heteroatoms. The van der Waals surface area contributed by atoms with E-state index in [0.29, 0.717) is 12.2 Å². The van der Waals surface area contributed by atoms with Crippen molar-refractivity contribution in [3.05, 3.63) is 29.8 Å². The summed E-state index contributed by atoms with van der Waals surface area (Å²) >= 11 is 0. The Hall–Kier alpha value is -1.16. The first-order valence-corrected chi connectivity index (χ1v) is 8.96. The molecule has 1 aliphatic heterocycles. The van der Waals surface area contributed by atoms with E-state index in [0.717, 1.165) is 51.2 Å². The van der Waals surface area contributed by atoms with Gasteiger partial charge >= 0.3 is 0 Å². The number of halogens is 3. The molecule has 1 unspecified atom stereocenters. The van der Waals surface area contributed by atoms with Crippen LogP contribution in [0.2, 0.25) is 0 Å². The molecule has 1 aromatic carbocycles. The standard InChI is InChI=1S/C18H29F2N5.HI/c1-4-21-18(22-9-11-24(3)5-2)23-15-8-10-25(13-15)17-7-6-14(19)12-16(17)20;/h6-7,12,15H,4-5,8-11,13H2,1-3H3,(H2,21,22,23);1H. The van der Waals surface area contributed by atoms with E-state index in [1.54, 1.807) is 0 Å². The number of anilines is 1. The summed E-state index contributed by atoms with van der Waals surface area (Å²) < 4.78 is 27.0. The largest absolute Gasteiger partial charge is 0.367 e. The van der Waals surface area contributed by atoms with Gasteiger partial charge in [0, 0.05) is 38.3 Å². The van der Waals surface area contributed by atoms with E-state index in [4.69, 9.17) is 0 Å². The second-order valence-corrected chi connectivity index (χ2v) is 6.33. The first kappa shape index (κ1) is 22.9. The highest BCUT2D eigenvalue weighted by atomic mass is 127. The Kier molecular flexibility index (Phi) is 10.1. The molecule has 148 valence electrons. The van der Waals surface area contributed by atoms with E-state index in [2.05, 4.69) is 34.5 Å². The Morgan fingerprint density at radius 2 is 2.12 bits per heavy atom. The van der Waals surface area contributed by atoms with Crippen LogP contribution in [0.4, 0.5) is 14.5 Å². The number of likely N-dealkylation sites (N-methyl/N-ethyl adjacent to an activating group) is 1. The molecule has 26 heavy (non-hydrogen) atoms. The summed E-state index contributed by atoms with van der Waals surface area (Å²) in [5.74, 6) is -0.268. The van der Waals surface area contributed by atoms with E-state index in [-0.39, 0.29) is 30.0 Å². The predicted octanol–water partition coefficient (Wildman–Crippen LogP) is 2.67. The maximum Gasteiger partial charge on any atom is 0.191 e. The van der Waals surface area contributed by atoms with Crippen LogP contribution in [0.25, 0.3) is 0 Å². The molecule has 0 aromatic heterocycles. The summed E-state index contributed by atoms with van der Waals surface area (Å²) in [6.07, 6.45) is 0.885. The first-order chi connectivity index (χ1) is 12.0. The van der Waals surface area contributed by atoms with Crippen molar-refractivity contribution in [1.82, 2.24) is 15.5 Å². The van der Waals surface area contributed by atoms with Gasteiger partial charge in [-0.2, -0.15) is 0 Å². The van der Waals surface area contributed by atoms with Gasteiger partial charge in [-0.15, -0.1) is 24.0 Å². The summed E-state index contributed by atoms with van der Waals surface area (Å²) in [6, 6.07) is 3.93. The molecule has 1 heterocycles. The fourth-order valence-corrected chi connectivity index (χ4v) is 2.84. The minimum Gasteiger partial charge on any atom is -0.367 e. The molecule has 0 radical (unpaired) electrons. The van der Waals surface area contributed by atoms with E-state index < -0.39 is 11.6 Å². The maximum absolute atomic E-state index is 13.9. The fraction of sp³-hybridized carbons (Fsp3) is 0.611. The highest BCUT2D eigenvalue weighted by Crippen LogP contribution is 2.24. The quantitative estimate of drug-likeness (QED) is 0.357. The van der Waals surface area contributed by atoms with Crippen LogP contribution in [-0.2, 0) is 0 Å². The molecule has 1 aromatic rings. The molecule has 1 aliphatic rings. The number of hydrogen-bond acceptors (Lipinski definition) is 3. The number of rotatable bonds is 7. The summed E-state index contributed by atoms with van der Waals surface area (Å²) in [7, 11) is 2.07. The fourth-order valence-electron chi connectivity index (χ4n) is 2.84. The summed E-state index contributed by atoms with van der Waals surface area (Å²) in [5, 5.41) is 6.67. The third-order valence-corrected chi connectivity index (χ3v) is 4.42. The van der Waals surface area contributed by atoms with Crippen molar-refractivity contribution in [2.24, 2.45) is 4.99 Å². The number of nitrogens with zero attached hydrogens (tertiary/aromatic N) is 3. The molecule has 1 fully saturated rings. The summed E-state index contributed by atoms with van der Waals surface area (Å²) in [4.78, 5) is 8.76. The van der Waals surface area contributed by atoms with Crippen LogP contribution in [0.15, 0.2) is 23.2 Å². The smallest absolute Gasteiger partial charge is 0.191 e. The van der Waals surface area contributed by atoms with Gasteiger partial charge in [0.25, 0.3) is 0 Å². The average Bonchev–Trinajstić information content (AvgIpc) is 3.03. The number of hydrogen-bond donors (Lipinski definition) is 2. The highest BCUT2D eigenvalue weighted by Gasteiger charge is 2.25. The molecule has 2 N–H and O–H groups in total. The van der Waals surface area contributed by atoms with Gasteiger partial charge in [0.2, 0.25) is 0 Å². The molecular weight excluding hydrogens is 451 g/mol. The van der Waals surface area contributed by atoms with Gasteiger partial charge in [0.05, 0.1) is 12.2 Å². The Labute approximate surface area is 172 Å².